The molecule has 0 saturated heterocycles. The summed E-state index contributed by atoms with van der Waals surface area (Å²) >= 11 is 0. The maximum Gasteiger partial charge on any atom is 0.347 e. The molecule has 2 heterocycles. The number of benzene rings is 2. The van der Waals surface area contributed by atoms with Gasteiger partial charge in [0.15, 0.2) is 5.71 Å². The molecule has 0 saturated carbocycles. The first-order valence-corrected chi connectivity index (χ1v) is 18.3. The fraction of sp³-hybridized carbons (Fsp3) is 0.364. The van der Waals surface area contributed by atoms with E-state index in [1.54, 1.807) is 35.8 Å². The molecule has 1 atom stereocenters. The molecule has 1 unspecified atom stereocenters. The number of nitrogens with zero attached hydrogens (tertiary/aromatic N) is 2. The SMILES string of the molecule is CCN(CC)c1ccc2c(O)c(/C=C/C=C/C3=[N+](CCCS(=O)(=O)[O-])c4ccc(S(=O)(=O)[O-])cc4C3(C)CCCC(=O)O)c(=O)oc2c1. The van der Waals surface area contributed by atoms with E-state index in [0.717, 1.165) is 24.8 Å². The van der Waals surface area contributed by atoms with Crippen molar-refractivity contribution < 1.29 is 49.9 Å². The number of rotatable bonds is 15. The number of carbonyl (C=O) groups is 1. The Morgan fingerprint density at radius 1 is 1.02 bits per heavy atom. The first-order valence-electron chi connectivity index (χ1n) is 15.3. The number of aromatic hydroxyl groups is 1. The van der Waals surface area contributed by atoms with Crippen LogP contribution in [0.4, 0.5) is 11.4 Å². The average Bonchev–Trinajstić information content (AvgIpc) is 3.22. The van der Waals surface area contributed by atoms with Gasteiger partial charge in [-0.2, -0.15) is 4.58 Å². The maximum atomic E-state index is 12.9. The van der Waals surface area contributed by atoms with E-state index < -0.39 is 47.9 Å². The zero-order chi connectivity index (χ0) is 35.4. The van der Waals surface area contributed by atoms with Crippen LogP contribution in [0.3, 0.4) is 0 Å². The van der Waals surface area contributed by atoms with Gasteiger partial charge >= 0.3 is 11.6 Å². The van der Waals surface area contributed by atoms with Crippen molar-refractivity contribution in [3.05, 3.63) is 76.2 Å². The topological polar surface area (TPSA) is 208 Å². The van der Waals surface area contributed by atoms with Crippen LogP contribution in [0.2, 0.25) is 0 Å². The van der Waals surface area contributed by atoms with Crippen molar-refractivity contribution in [2.75, 3.05) is 30.3 Å². The molecule has 0 amide bonds. The van der Waals surface area contributed by atoms with Gasteiger partial charge in [0.2, 0.25) is 5.69 Å². The van der Waals surface area contributed by atoms with Crippen molar-refractivity contribution in [3.8, 4) is 5.75 Å². The highest BCUT2D eigenvalue weighted by Crippen LogP contribution is 2.44. The Morgan fingerprint density at radius 3 is 2.33 bits per heavy atom. The van der Waals surface area contributed by atoms with Crippen LogP contribution in [0.5, 0.6) is 5.75 Å². The average molecular weight is 702 g/mol. The van der Waals surface area contributed by atoms with Crippen LogP contribution in [0, 0.1) is 0 Å². The van der Waals surface area contributed by atoms with Crippen LogP contribution in [0.1, 0.15) is 57.6 Å². The molecule has 2 N–H and O–H groups in total. The molecule has 0 radical (unpaired) electrons. The molecule has 1 aromatic heterocycles. The van der Waals surface area contributed by atoms with Crippen molar-refractivity contribution in [3.63, 3.8) is 0 Å². The Hall–Kier alpha value is -4.31. The van der Waals surface area contributed by atoms with Gasteiger partial charge in [-0.05, 0) is 64.0 Å². The largest absolute Gasteiger partial charge is 0.748 e. The molecule has 1 aliphatic heterocycles. The van der Waals surface area contributed by atoms with Gasteiger partial charge in [0, 0.05) is 61.1 Å². The first-order chi connectivity index (χ1) is 22.5. The second-order valence-electron chi connectivity index (χ2n) is 11.6. The molecule has 48 heavy (non-hydrogen) atoms. The standard InChI is InChI=1S/C33H38N2O11S2/c1-4-34(5-2)22-13-15-24-28(20-22)46-32(39)25(31(24)38)10-6-7-11-29-33(3,17-8-12-30(36)37)26-21-23(48(43,44)45)14-16-27(26)35(29)18-9-19-47(40,41)42/h6-7,10-11,13-16,20-21H,4-5,8-9,12,17-19H2,1-3H3,(H3,36,37,40,41,42,43,44,45)/p-1. The van der Waals surface area contributed by atoms with Crippen LogP contribution in [0.15, 0.2) is 68.7 Å². The lowest BCUT2D eigenvalue weighted by Gasteiger charge is -2.23. The molecular formula is C33H37N2O11S2-. The molecule has 3 aromatic rings. The summed E-state index contributed by atoms with van der Waals surface area (Å²) in [6.07, 6.45) is 6.13. The number of allylic oxidation sites excluding steroid dienone is 3. The van der Waals surface area contributed by atoms with E-state index in [-0.39, 0.29) is 49.1 Å². The highest BCUT2D eigenvalue weighted by Gasteiger charge is 2.47. The highest BCUT2D eigenvalue weighted by molar-refractivity contribution is 7.86. The van der Waals surface area contributed by atoms with E-state index in [4.69, 9.17) is 4.42 Å². The summed E-state index contributed by atoms with van der Waals surface area (Å²) in [5.74, 6) is -1.97. The summed E-state index contributed by atoms with van der Waals surface area (Å²) in [7, 11) is -9.39. The summed E-state index contributed by atoms with van der Waals surface area (Å²) in [4.78, 5) is 25.8. The third-order valence-electron chi connectivity index (χ3n) is 8.50. The van der Waals surface area contributed by atoms with Crippen LogP contribution in [0.25, 0.3) is 17.0 Å². The van der Waals surface area contributed by atoms with Crippen LogP contribution >= 0.6 is 0 Å². The molecule has 0 aliphatic carbocycles. The fourth-order valence-electron chi connectivity index (χ4n) is 6.10. The zero-order valence-corrected chi connectivity index (χ0v) is 28.3. The van der Waals surface area contributed by atoms with Crippen molar-refractivity contribution in [2.24, 2.45) is 0 Å². The van der Waals surface area contributed by atoms with Gasteiger partial charge in [-0.15, -0.1) is 0 Å². The van der Waals surface area contributed by atoms with E-state index in [2.05, 4.69) is 4.90 Å². The van der Waals surface area contributed by atoms with Gasteiger partial charge in [0.05, 0.1) is 25.8 Å². The molecule has 1 aliphatic rings. The fourth-order valence-corrected chi connectivity index (χ4v) is 7.08. The monoisotopic (exact) mass is 701 g/mol. The molecule has 4 rings (SSSR count). The first kappa shape index (κ1) is 36.5. The predicted molar refractivity (Wildman–Crippen MR) is 178 cm³/mol. The predicted octanol–water partition coefficient (Wildman–Crippen LogP) is 4.07. The normalized spacial score (nSPS) is 16.8. The second kappa shape index (κ2) is 14.4. The number of carboxylic acid groups (broad SMARTS) is 1. The summed E-state index contributed by atoms with van der Waals surface area (Å²) < 4.78 is 77.0. The maximum absolute atomic E-state index is 12.9. The Kier molecular flexibility index (Phi) is 11.0. The lowest BCUT2D eigenvalue weighted by molar-refractivity contribution is -0.437. The minimum atomic E-state index is -4.85. The lowest BCUT2D eigenvalue weighted by atomic mass is 9.75. The van der Waals surface area contributed by atoms with Gasteiger partial charge in [0.1, 0.15) is 33.6 Å². The number of carboxylic acids is 1. The number of anilines is 1. The van der Waals surface area contributed by atoms with Gasteiger partial charge in [-0.3, -0.25) is 4.79 Å². The van der Waals surface area contributed by atoms with E-state index in [1.165, 1.54) is 24.3 Å². The van der Waals surface area contributed by atoms with Crippen LogP contribution in [-0.4, -0.2) is 77.8 Å². The molecule has 0 spiro atoms. The molecule has 2 aromatic carbocycles. The summed E-state index contributed by atoms with van der Waals surface area (Å²) in [5, 5.41) is 20.6. The Bertz CT molecular complexity index is 2100. The summed E-state index contributed by atoms with van der Waals surface area (Å²) in [5.41, 5.74) is 0.524. The highest BCUT2D eigenvalue weighted by atomic mass is 32.2. The van der Waals surface area contributed by atoms with Crippen molar-refractivity contribution >= 4 is 60.3 Å². The Balaban J connectivity index is 1.78. The summed E-state index contributed by atoms with van der Waals surface area (Å²) in [6, 6.07) is 8.96. The minimum absolute atomic E-state index is 0.0282. The van der Waals surface area contributed by atoms with Crippen molar-refractivity contribution in [1.82, 2.24) is 0 Å². The third kappa shape index (κ3) is 8.03. The number of aliphatic carboxylic acids is 1. The van der Waals surface area contributed by atoms with Crippen molar-refractivity contribution in [2.45, 2.75) is 56.8 Å². The third-order valence-corrected chi connectivity index (χ3v) is 10.1. The molecular weight excluding hydrogens is 665 g/mol. The smallest absolute Gasteiger partial charge is 0.347 e. The van der Waals surface area contributed by atoms with E-state index in [0.29, 0.717) is 22.3 Å². The van der Waals surface area contributed by atoms with Crippen LogP contribution in [-0.2, 0) is 30.4 Å². The minimum Gasteiger partial charge on any atom is -0.748 e. The molecule has 0 bridgehead atoms. The number of hydrogen-bond donors (Lipinski definition) is 2. The summed E-state index contributed by atoms with van der Waals surface area (Å²) in [6.45, 7) is 7.24. The van der Waals surface area contributed by atoms with Gasteiger partial charge in [0.25, 0.3) is 0 Å². The zero-order valence-electron chi connectivity index (χ0n) is 26.7. The van der Waals surface area contributed by atoms with E-state index in [1.807, 2.05) is 19.9 Å². The molecule has 0 fully saturated rings. The molecule has 13 nitrogen and oxygen atoms in total. The lowest BCUT2D eigenvalue weighted by Crippen LogP contribution is -2.32. The van der Waals surface area contributed by atoms with Gasteiger partial charge < -0.3 is 28.6 Å². The van der Waals surface area contributed by atoms with Crippen molar-refractivity contribution in [1.29, 1.82) is 0 Å². The number of hydrogen-bond acceptors (Lipinski definition) is 11. The number of fused-ring (bicyclic) bond motifs is 2. The quantitative estimate of drug-likeness (QED) is 0.0995. The van der Waals surface area contributed by atoms with Gasteiger partial charge in [-0.1, -0.05) is 12.2 Å². The Morgan fingerprint density at radius 2 is 1.71 bits per heavy atom. The Labute approximate surface area is 278 Å². The van der Waals surface area contributed by atoms with E-state index >= 15 is 0 Å². The van der Waals surface area contributed by atoms with E-state index in [9.17, 15) is 45.7 Å². The second-order valence-corrected chi connectivity index (χ2v) is 14.5. The molecule has 258 valence electrons. The van der Waals surface area contributed by atoms with Gasteiger partial charge in [-0.25, -0.2) is 21.6 Å². The van der Waals surface area contributed by atoms with Crippen LogP contribution < -0.4 is 10.5 Å². The molecule has 15 heteroatoms.